The van der Waals surface area contributed by atoms with Crippen molar-refractivity contribution in [2.75, 3.05) is 6.79 Å². The summed E-state index contributed by atoms with van der Waals surface area (Å²) < 4.78 is 12.5. The number of carbonyl (C=O) groups excluding carboxylic acids is 1. The van der Waals surface area contributed by atoms with Gasteiger partial charge in [0.2, 0.25) is 6.79 Å². The Morgan fingerprint density at radius 1 is 1.36 bits per heavy atom. The predicted octanol–water partition coefficient (Wildman–Crippen LogP) is 1.96. The molecular weight excluding hydrogens is 282 g/mol. The van der Waals surface area contributed by atoms with Gasteiger partial charge in [-0.3, -0.25) is 9.48 Å². The Kier molecular flexibility index (Phi) is 3.03. The molecule has 0 spiro atoms. The molecule has 1 aromatic heterocycles. The number of aryl methyl sites for hydroxylation is 1. The van der Waals surface area contributed by atoms with E-state index >= 15 is 0 Å². The average molecular weight is 299 g/mol. The fourth-order valence-corrected chi connectivity index (χ4v) is 3.14. The van der Waals surface area contributed by atoms with Gasteiger partial charge in [-0.25, -0.2) is 0 Å². The molecule has 1 N–H and O–H groups in total. The molecule has 2 aliphatic rings. The first-order valence-electron chi connectivity index (χ1n) is 7.43. The number of hydrogen-bond acceptors (Lipinski definition) is 4. The molecule has 1 aliphatic heterocycles. The molecule has 1 aromatic carbocycles. The first-order chi connectivity index (χ1) is 10.7. The Hall–Kier alpha value is -2.50. The number of ether oxygens (including phenoxy) is 2. The molecule has 114 valence electrons. The lowest BCUT2D eigenvalue weighted by Gasteiger charge is -2.23. The van der Waals surface area contributed by atoms with Crippen LogP contribution >= 0.6 is 0 Å². The smallest absolute Gasteiger partial charge is 0.251 e. The summed E-state index contributed by atoms with van der Waals surface area (Å²) in [7, 11) is 1.95. The van der Waals surface area contributed by atoms with Crippen molar-refractivity contribution >= 4 is 5.91 Å². The topological polar surface area (TPSA) is 65.4 Å². The third-order valence-corrected chi connectivity index (χ3v) is 4.32. The summed E-state index contributed by atoms with van der Waals surface area (Å²) >= 11 is 0. The number of benzene rings is 1. The molecule has 6 heteroatoms. The molecule has 1 amide bonds. The molecule has 0 radical (unpaired) electrons. The lowest BCUT2D eigenvalue weighted by atomic mass is 9.92. The Morgan fingerprint density at radius 2 is 2.23 bits per heavy atom. The van der Waals surface area contributed by atoms with Crippen LogP contribution in [0.4, 0.5) is 0 Å². The SMILES string of the molecule is Cn1ncc2c1CCCC2NC(=O)c1ccc2c(c1)OCO2. The number of rotatable bonds is 2. The summed E-state index contributed by atoms with van der Waals surface area (Å²) in [4.78, 5) is 12.5. The summed E-state index contributed by atoms with van der Waals surface area (Å²) in [6, 6.07) is 5.28. The van der Waals surface area contributed by atoms with E-state index in [0.717, 1.165) is 24.8 Å². The van der Waals surface area contributed by atoms with E-state index in [-0.39, 0.29) is 18.7 Å². The molecule has 0 fully saturated rings. The van der Waals surface area contributed by atoms with E-state index in [1.807, 2.05) is 17.9 Å². The van der Waals surface area contributed by atoms with Gasteiger partial charge in [-0.15, -0.1) is 0 Å². The minimum atomic E-state index is -0.0972. The van der Waals surface area contributed by atoms with Gasteiger partial charge in [-0.05, 0) is 37.5 Å². The standard InChI is InChI=1S/C16H17N3O3/c1-19-13-4-2-3-12(11(13)8-17-19)18-16(20)10-5-6-14-15(7-10)22-9-21-14/h5-8,12H,2-4,9H2,1H3,(H,18,20). The van der Waals surface area contributed by atoms with Gasteiger partial charge in [-0.1, -0.05) is 0 Å². The van der Waals surface area contributed by atoms with Gasteiger partial charge in [0, 0.05) is 23.9 Å². The average Bonchev–Trinajstić information content (AvgIpc) is 3.14. The zero-order valence-electron chi connectivity index (χ0n) is 12.3. The Bertz CT molecular complexity index is 738. The summed E-state index contributed by atoms with van der Waals surface area (Å²) in [5.74, 6) is 1.21. The molecule has 0 bridgehead atoms. The number of hydrogen-bond donors (Lipinski definition) is 1. The highest BCUT2D eigenvalue weighted by atomic mass is 16.7. The molecule has 6 nitrogen and oxygen atoms in total. The summed E-state index contributed by atoms with van der Waals surface area (Å²) in [6.07, 6.45) is 4.87. The number of amides is 1. The molecule has 2 aromatic rings. The van der Waals surface area contributed by atoms with Crippen LogP contribution in [0, 0.1) is 0 Å². The number of carbonyl (C=O) groups is 1. The van der Waals surface area contributed by atoms with Crippen molar-refractivity contribution in [2.45, 2.75) is 25.3 Å². The number of aromatic nitrogens is 2. The van der Waals surface area contributed by atoms with Gasteiger partial charge in [-0.2, -0.15) is 5.10 Å². The normalized spacial score (nSPS) is 18.9. The first-order valence-corrected chi connectivity index (χ1v) is 7.43. The highest BCUT2D eigenvalue weighted by Gasteiger charge is 2.25. The summed E-state index contributed by atoms with van der Waals surface area (Å²) in [6.45, 7) is 0.210. The number of nitrogens with zero attached hydrogens (tertiary/aromatic N) is 2. The Morgan fingerprint density at radius 3 is 3.14 bits per heavy atom. The molecule has 0 saturated heterocycles. The first kappa shape index (κ1) is 13.2. The highest BCUT2D eigenvalue weighted by Crippen LogP contribution is 2.33. The Labute approximate surface area is 128 Å². The second-order valence-corrected chi connectivity index (χ2v) is 5.66. The van der Waals surface area contributed by atoms with Crippen molar-refractivity contribution in [1.29, 1.82) is 0 Å². The van der Waals surface area contributed by atoms with Crippen LogP contribution in [-0.2, 0) is 13.5 Å². The van der Waals surface area contributed by atoms with Gasteiger partial charge in [0.25, 0.3) is 5.91 Å². The van der Waals surface area contributed by atoms with Crippen LogP contribution in [0.15, 0.2) is 24.4 Å². The maximum absolute atomic E-state index is 12.5. The van der Waals surface area contributed by atoms with Crippen molar-refractivity contribution in [2.24, 2.45) is 7.05 Å². The van der Waals surface area contributed by atoms with E-state index in [4.69, 9.17) is 9.47 Å². The molecular formula is C16H17N3O3. The fraction of sp³-hybridized carbons (Fsp3) is 0.375. The van der Waals surface area contributed by atoms with Crippen LogP contribution in [0.1, 0.15) is 40.5 Å². The largest absolute Gasteiger partial charge is 0.454 e. The maximum atomic E-state index is 12.5. The summed E-state index contributed by atoms with van der Waals surface area (Å²) in [5, 5.41) is 7.41. The van der Waals surface area contributed by atoms with Gasteiger partial charge >= 0.3 is 0 Å². The quantitative estimate of drug-likeness (QED) is 0.920. The zero-order valence-corrected chi connectivity index (χ0v) is 12.3. The van der Waals surface area contributed by atoms with Crippen molar-refractivity contribution in [3.63, 3.8) is 0 Å². The highest BCUT2D eigenvalue weighted by molar-refractivity contribution is 5.95. The lowest BCUT2D eigenvalue weighted by molar-refractivity contribution is 0.0932. The summed E-state index contributed by atoms with van der Waals surface area (Å²) in [5.41, 5.74) is 2.92. The van der Waals surface area contributed by atoms with Crippen LogP contribution in [0.3, 0.4) is 0 Å². The molecule has 2 heterocycles. The van der Waals surface area contributed by atoms with Gasteiger partial charge in [0.05, 0.1) is 12.2 Å². The van der Waals surface area contributed by atoms with Crippen LogP contribution in [0.5, 0.6) is 11.5 Å². The van der Waals surface area contributed by atoms with Crippen LogP contribution < -0.4 is 14.8 Å². The van der Waals surface area contributed by atoms with Crippen molar-refractivity contribution in [3.8, 4) is 11.5 Å². The van der Waals surface area contributed by atoms with Crippen molar-refractivity contribution in [3.05, 3.63) is 41.2 Å². The maximum Gasteiger partial charge on any atom is 0.251 e. The monoisotopic (exact) mass is 299 g/mol. The van der Waals surface area contributed by atoms with E-state index in [9.17, 15) is 4.79 Å². The second kappa shape index (κ2) is 5.05. The van der Waals surface area contributed by atoms with E-state index < -0.39 is 0 Å². The van der Waals surface area contributed by atoms with Gasteiger partial charge < -0.3 is 14.8 Å². The second-order valence-electron chi connectivity index (χ2n) is 5.66. The molecule has 1 atom stereocenters. The van der Waals surface area contributed by atoms with E-state index in [0.29, 0.717) is 17.1 Å². The number of fused-ring (bicyclic) bond motifs is 2. The van der Waals surface area contributed by atoms with Crippen LogP contribution in [0.25, 0.3) is 0 Å². The van der Waals surface area contributed by atoms with Gasteiger partial charge in [0.15, 0.2) is 11.5 Å². The molecule has 22 heavy (non-hydrogen) atoms. The van der Waals surface area contributed by atoms with Crippen molar-refractivity contribution < 1.29 is 14.3 Å². The molecule has 1 aliphatic carbocycles. The predicted molar refractivity (Wildman–Crippen MR) is 78.9 cm³/mol. The third kappa shape index (κ3) is 2.11. The fourth-order valence-electron chi connectivity index (χ4n) is 3.14. The van der Waals surface area contributed by atoms with Crippen molar-refractivity contribution in [1.82, 2.24) is 15.1 Å². The molecule has 0 saturated carbocycles. The van der Waals surface area contributed by atoms with Crippen LogP contribution in [-0.4, -0.2) is 22.5 Å². The Balaban J connectivity index is 1.55. The van der Waals surface area contributed by atoms with E-state index in [2.05, 4.69) is 10.4 Å². The zero-order chi connectivity index (χ0) is 15.1. The van der Waals surface area contributed by atoms with E-state index in [1.54, 1.807) is 18.2 Å². The minimum absolute atomic E-state index is 0.0235. The third-order valence-electron chi connectivity index (χ3n) is 4.32. The van der Waals surface area contributed by atoms with E-state index in [1.165, 1.54) is 5.69 Å². The lowest BCUT2D eigenvalue weighted by Crippen LogP contribution is -2.30. The van der Waals surface area contributed by atoms with Gasteiger partial charge in [0.1, 0.15) is 0 Å². The number of nitrogens with one attached hydrogen (secondary N) is 1. The molecule has 1 unspecified atom stereocenters. The molecule has 4 rings (SSSR count). The minimum Gasteiger partial charge on any atom is -0.454 e. The van der Waals surface area contributed by atoms with Crippen LogP contribution in [0.2, 0.25) is 0 Å².